The van der Waals surface area contributed by atoms with Crippen LogP contribution in [-0.4, -0.2) is 45.3 Å². The van der Waals surface area contributed by atoms with Crippen molar-refractivity contribution >= 4 is 32.7 Å². The summed E-state index contributed by atoms with van der Waals surface area (Å²) in [5.41, 5.74) is 4.44. The number of carbonyl (C=O) groups excluding carboxylic acids is 1. The molecule has 29 heavy (non-hydrogen) atoms. The molecule has 4 rings (SSSR count). The number of aromatic nitrogens is 4. The molecule has 1 aliphatic rings. The van der Waals surface area contributed by atoms with Gasteiger partial charge in [0.05, 0.1) is 11.6 Å². The van der Waals surface area contributed by atoms with Crippen LogP contribution < -0.4 is 10.2 Å². The number of carbonyl (C=O) groups is 1. The first-order valence-electron chi connectivity index (χ1n) is 10.3. The summed E-state index contributed by atoms with van der Waals surface area (Å²) < 4.78 is 2.03. The highest BCUT2D eigenvalue weighted by molar-refractivity contribution is 7.21. The maximum atomic E-state index is 12.8. The fraction of sp³-hybridized carbons (Fsp3) is 0.524. The van der Waals surface area contributed by atoms with Gasteiger partial charge in [-0.05, 0) is 57.7 Å². The van der Waals surface area contributed by atoms with Gasteiger partial charge in [-0.25, -0.2) is 9.97 Å². The lowest BCUT2D eigenvalue weighted by Crippen LogP contribution is -2.43. The third kappa shape index (κ3) is 4.12. The number of nitrogens with one attached hydrogen (secondary N) is 1. The second-order valence-corrected chi connectivity index (χ2v) is 8.57. The van der Waals surface area contributed by atoms with Crippen LogP contribution in [0.2, 0.25) is 0 Å². The zero-order valence-electron chi connectivity index (χ0n) is 17.3. The molecule has 154 valence electrons. The van der Waals surface area contributed by atoms with Crippen LogP contribution in [0, 0.1) is 19.8 Å². The third-order valence-electron chi connectivity index (χ3n) is 5.72. The Balaban J connectivity index is 1.34. The molecule has 8 heteroatoms. The minimum atomic E-state index is 0.00396. The molecule has 1 aliphatic heterocycles. The summed E-state index contributed by atoms with van der Waals surface area (Å²) in [5.74, 6) is 0.149. The Labute approximate surface area is 175 Å². The average Bonchev–Trinajstić information content (AvgIpc) is 3.29. The van der Waals surface area contributed by atoms with Crippen LogP contribution in [0.15, 0.2) is 18.3 Å². The van der Waals surface area contributed by atoms with Crippen molar-refractivity contribution in [3.8, 4) is 0 Å². The Bertz CT molecular complexity index is 977. The molecule has 1 atom stereocenters. The van der Waals surface area contributed by atoms with E-state index in [0.717, 1.165) is 60.1 Å². The highest BCUT2D eigenvalue weighted by Crippen LogP contribution is 2.30. The molecular weight excluding hydrogens is 384 g/mol. The topological polar surface area (TPSA) is 75.9 Å². The highest BCUT2D eigenvalue weighted by atomic mass is 32.1. The quantitative estimate of drug-likeness (QED) is 0.673. The SMILES string of the molecule is CCn1nc(C)c(CCNC(=O)C2CCCN(c3nc4cccnc4s3)C2)c1C. The maximum Gasteiger partial charge on any atom is 0.224 e. The lowest BCUT2D eigenvalue weighted by atomic mass is 9.97. The predicted octanol–water partition coefficient (Wildman–Crippen LogP) is 3.10. The van der Waals surface area contributed by atoms with Crippen LogP contribution >= 0.6 is 11.3 Å². The molecular formula is C21H28N6OS. The lowest BCUT2D eigenvalue weighted by molar-refractivity contribution is -0.125. The zero-order chi connectivity index (χ0) is 20.4. The molecule has 4 heterocycles. The van der Waals surface area contributed by atoms with E-state index < -0.39 is 0 Å². The molecule has 0 saturated carbocycles. The smallest absolute Gasteiger partial charge is 0.224 e. The number of anilines is 1. The zero-order valence-corrected chi connectivity index (χ0v) is 18.1. The molecule has 3 aromatic rings. The molecule has 0 aliphatic carbocycles. The van der Waals surface area contributed by atoms with Crippen molar-refractivity contribution in [1.29, 1.82) is 0 Å². The minimum absolute atomic E-state index is 0.00396. The van der Waals surface area contributed by atoms with Gasteiger partial charge in [-0.15, -0.1) is 0 Å². The van der Waals surface area contributed by atoms with E-state index in [4.69, 9.17) is 4.98 Å². The van der Waals surface area contributed by atoms with E-state index in [9.17, 15) is 4.79 Å². The van der Waals surface area contributed by atoms with Crippen LogP contribution in [0.1, 0.15) is 36.7 Å². The van der Waals surface area contributed by atoms with Crippen molar-refractivity contribution in [2.75, 3.05) is 24.5 Å². The number of fused-ring (bicyclic) bond motifs is 1. The number of rotatable bonds is 6. The Morgan fingerprint density at radius 3 is 3.00 bits per heavy atom. The van der Waals surface area contributed by atoms with Gasteiger partial charge in [0, 0.05) is 38.1 Å². The fourth-order valence-electron chi connectivity index (χ4n) is 4.12. The van der Waals surface area contributed by atoms with Gasteiger partial charge in [-0.1, -0.05) is 11.3 Å². The molecule has 7 nitrogen and oxygen atoms in total. The molecule has 0 spiro atoms. The highest BCUT2D eigenvalue weighted by Gasteiger charge is 2.27. The number of nitrogens with zero attached hydrogens (tertiary/aromatic N) is 5. The van der Waals surface area contributed by atoms with Gasteiger partial charge < -0.3 is 10.2 Å². The standard InChI is InChI=1S/C21H28N6OS/c1-4-27-15(3)17(14(2)25-27)9-11-22-19(28)16-7-6-12-26(13-16)21-24-18-8-5-10-23-20(18)29-21/h5,8,10,16H,4,6-7,9,11-13H2,1-3H3,(H,22,28). The van der Waals surface area contributed by atoms with E-state index in [0.29, 0.717) is 6.54 Å². The van der Waals surface area contributed by atoms with Gasteiger partial charge in [0.25, 0.3) is 0 Å². The normalized spacial score (nSPS) is 17.1. The van der Waals surface area contributed by atoms with Crippen LogP contribution in [0.5, 0.6) is 0 Å². The summed E-state index contributed by atoms with van der Waals surface area (Å²) in [6, 6.07) is 3.90. The number of hydrogen-bond acceptors (Lipinski definition) is 6. The van der Waals surface area contributed by atoms with Gasteiger partial charge in [0.1, 0.15) is 10.3 Å². The summed E-state index contributed by atoms with van der Waals surface area (Å²) >= 11 is 1.60. The third-order valence-corrected chi connectivity index (χ3v) is 6.76. The first kappa shape index (κ1) is 19.8. The van der Waals surface area contributed by atoms with E-state index in [1.807, 2.05) is 23.7 Å². The fourth-order valence-corrected chi connectivity index (χ4v) is 5.06. The number of amides is 1. The van der Waals surface area contributed by atoms with E-state index in [1.165, 1.54) is 11.3 Å². The molecule has 1 unspecified atom stereocenters. The van der Waals surface area contributed by atoms with Gasteiger partial charge in [0.2, 0.25) is 5.91 Å². The molecule has 1 amide bonds. The summed E-state index contributed by atoms with van der Waals surface area (Å²) in [4.78, 5) is 25.1. The maximum absolute atomic E-state index is 12.8. The lowest BCUT2D eigenvalue weighted by Gasteiger charge is -2.31. The second-order valence-electron chi connectivity index (χ2n) is 7.62. The van der Waals surface area contributed by atoms with Gasteiger partial charge in [0.15, 0.2) is 5.13 Å². The average molecular weight is 413 g/mol. The predicted molar refractivity (Wildman–Crippen MR) is 116 cm³/mol. The summed E-state index contributed by atoms with van der Waals surface area (Å²) in [6.45, 7) is 9.43. The van der Waals surface area contributed by atoms with Gasteiger partial charge >= 0.3 is 0 Å². The summed E-state index contributed by atoms with van der Waals surface area (Å²) in [7, 11) is 0. The van der Waals surface area contributed by atoms with E-state index in [2.05, 4.69) is 34.1 Å². The van der Waals surface area contributed by atoms with Gasteiger partial charge in [-0.3, -0.25) is 9.48 Å². The monoisotopic (exact) mass is 412 g/mol. The molecule has 0 radical (unpaired) electrons. The molecule has 1 fully saturated rings. The molecule has 3 aromatic heterocycles. The Morgan fingerprint density at radius 1 is 1.38 bits per heavy atom. The number of piperidine rings is 1. The van der Waals surface area contributed by atoms with Crippen molar-refractivity contribution < 1.29 is 4.79 Å². The van der Waals surface area contributed by atoms with Crippen LogP contribution in [0.25, 0.3) is 10.3 Å². The van der Waals surface area contributed by atoms with E-state index in [-0.39, 0.29) is 11.8 Å². The van der Waals surface area contributed by atoms with Crippen LogP contribution in [0.4, 0.5) is 5.13 Å². The summed E-state index contributed by atoms with van der Waals surface area (Å²) in [6.07, 6.45) is 4.55. The second kappa shape index (κ2) is 8.49. The van der Waals surface area contributed by atoms with Crippen molar-refractivity contribution in [2.24, 2.45) is 5.92 Å². The van der Waals surface area contributed by atoms with Crippen molar-refractivity contribution in [3.05, 3.63) is 35.3 Å². The number of aryl methyl sites for hydroxylation is 2. The van der Waals surface area contributed by atoms with Crippen LogP contribution in [0.3, 0.4) is 0 Å². The number of hydrogen-bond donors (Lipinski definition) is 1. The molecule has 0 aromatic carbocycles. The number of thiazole rings is 1. The Hall–Kier alpha value is -2.48. The van der Waals surface area contributed by atoms with Crippen molar-refractivity contribution in [1.82, 2.24) is 25.1 Å². The Morgan fingerprint density at radius 2 is 2.24 bits per heavy atom. The number of pyridine rings is 1. The molecule has 0 bridgehead atoms. The van der Waals surface area contributed by atoms with Crippen molar-refractivity contribution in [2.45, 2.75) is 46.6 Å². The minimum Gasteiger partial charge on any atom is -0.355 e. The van der Waals surface area contributed by atoms with Crippen LogP contribution in [-0.2, 0) is 17.8 Å². The molecule has 1 saturated heterocycles. The van der Waals surface area contributed by atoms with Crippen molar-refractivity contribution in [3.63, 3.8) is 0 Å². The largest absolute Gasteiger partial charge is 0.355 e. The van der Waals surface area contributed by atoms with Gasteiger partial charge in [-0.2, -0.15) is 5.10 Å². The van der Waals surface area contributed by atoms with E-state index in [1.54, 1.807) is 17.5 Å². The first-order valence-corrected chi connectivity index (χ1v) is 11.2. The Kier molecular flexibility index (Phi) is 5.80. The van der Waals surface area contributed by atoms with E-state index >= 15 is 0 Å². The molecule has 1 N–H and O–H groups in total. The summed E-state index contributed by atoms with van der Waals surface area (Å²) in [5, 5.41) is 8.68. The first-order chi connectivity index (χ1) is 14.1.